The number of amides is 1. The van der Waals surface area contributed by atoms with E-state index in [9.17, 15) is 18.0 Å². The van der Waals surface area contributed by atoms with Gasteiger partial charge in [-0.2, -0.15) is 0 Å². The molecule has 7 heteroatoms. The summed E-state index contributed by atoms with van der Waals surface area (Å²) in [5.41, 5.74) is 0. The Balaban J connectivity index is 5.11. The Bertz CT molecular complexity index is 398. The second-order valence-corrected chi connectivity index (χ2v) is 6.42. The zero-order valence-corrected chi connectivity index (χ0v) is 11.8. The molecule has 18 heavy (non-hydrogen) atoms. The largest absolute Gasteiger partial charge is 0.480 e. The van der Waals surface area contributed by atoms with Gasteiger partial charge in [0.15, 0.2) is 14.6 Å². The van der Waals surface area contributed by atoms with Crippen molar-refractivity contribution in [2.75, 3.05) is 12.3 Å². The molecule has 0 aromatic carbocycles. The van der Waals surface area contributed by atoms with Gasteiger partial charge in [-0.05, 0) is 19.3 Å². The SMILES string of the molecule is CCCNC(=O)CS(=O)(=O)C(CC)(CC)C(=O)O. The molecule has 0 bridgehead atoms. The molecule has 1 amide bonds. The molecule has 0 spiro atoms. The summed E-state index contributed by atoms with van der Waals surface area (Å²) < 4.78 is 22.3. The number of hydrogen-bond donors (Lipinski definition) is 2. The first kappa shape index (κ1) is 16.9. The Morgan fingerprint density at radius 3 is 2.00 bits per heavy atom. The van der Waals surface area contributed by atoms with Gasteiger partial charge in [-0.15, -0.1) is 0 Å². The van der Waals surface area contributed by atoms with Crippen LogP contribution in [0.5, 0.6) is 0 Å². The lowest BCUT2D eigenvalue weighted by Crippen LogP contribution is -2.49. The smallest absolute Gasteiger partial charge is 0.325 e. The number of hydrogen-bond acceptors (Lipinski definition) is 4. The predicted octanol–water partition coefficient (Wildman–Crippen LogP) is 0.571. The van der Waals surface area contributed by atoms with E-state index in [1.54, 1.807) is 0 Å². The minimum atomic E-state index is -4.02. The highest BCUT2D eigenvalue weighted by Crippen LogP contribution is 2.27. The summed E-state index contributed by atoms with van der Waals surface area (Å²) >= 11 is 0. The van der Waals surface area contributed by atoms with Crippen LogP contribution < -0.4 is 5.32 Å². The van der Waals surface area contributed by atoms with Gasteiger partial charge in [-0.1, -0.05) is 20.8 Å². The summed E-state index contributed by atoms with van der Waals surface area (Å²) in [4.78, 5) is 22.7. The van der Waals surface area contributed by atoms with Gasteiger partial charge < -0.3 is 10.4 Å². The zero-order chi connectivity index (χ0) is 14.4. The Kier molecular flexibility index (Phi) is 6.31. The third-order valence-corrected chi connectivity index (χ3v) is 5.61. The van der Waals surface area contributed by atoms with E-state index in [1.165, 1.54) is 13.8 Å². The van der Waals surface area contributed by atoms with Gasteiger partial charge in [-0.3, -0.25) is 9.59 Å². The lowest BCUT2D eigenvalue weighted by molar-refractivity contribution is -0.140. The van der Waals surface area contributed by atoms with Crippen molar-refractivity contribution in [2.24, 2.45) is 0 Å². The highest BCUT2D eigenvalue weighted by molar-refractivity contribution is 7.94. The summed E-state index contributed by atoms with van der Waals surface area (Å²) in [7, 11) is -4.02. The molecule has 6 nitrogen and oxygen atoms in total. The third kappa shape index (κ3) is 3.44. The van der Waals surface area contributed by atoms with E-state index in [1.807, 2.05) is 6.92 Å². The van der Waals surface area contributed by atoms with Crippen LogP contribution in [0.4, 0.5) is 0 Å². The van der Waals surface area contributed by atoms with Crippen LogP contribution in [0, 0.1) is 0 Å². The number of rotatable bonds is 8. The van der Waals surface area contributed by atoms with Crippen LogP contribution in [-0.4, -0.2) is 42.4 Å². The van der Waals surface area contributed by atoms with Crippen molar-refractivity contribution >= 4 is 21.7 Å². The topological polar surface area (TPSA) is 101 Å². The molecule has 0 atom stereocenters. The van der Waals surface area contributed by atoms with Crippen LogP contribution in [-0.2, 0) is 19.4 Å². The van der Waals surface area contributed by atoms with Crippen molar-refractivity contribution < 1.29 is 23.1 Å². The molecule has 0 saturated carbocycles. The minimum Gasteiger partial charge on any atom is -0.480 e. The van der Waals surface area contributed by atoms with E-state index in [0.29, 0.717) is 13.0 Å². The van der Waals surface area contributed by atoms with Crippen molar-refractivity contribution in [1.82, 2.24) is 5.32 Å². The van der Waals surface area contributed by atoms with Crippen molar-refractivity contribution in [1.29, 1.82) is 0 Å². The quantitative estimate of drug-likeness (QED) is 0.676. The summed E-state index contributed by atoms with van der Waals surface area (Å²) in [6, 6.07) is 0. The van der Waals surface area contributed by atoms with Gasteiger partial charge in [0.2, 0.25) is 5.91 Å². The first-order valence-electron chi connectivity index (χ1n) is 5.99. The van der Waals surface area contributed by atoms with Crippen molar-refractivity contribution in [3.05, 3.63) is 0 Å². The molecular formula is C11H21NO5S. The fourth-order valence-electron chi connectivity index (χ4n) is 1.75. The van der Waals surface area contributed by atoms with E-state index in [-0.39, 0.29) is 12.8 Å². The maximum absolute atomic E-state index is 12.1. The molecule has 0 saturated heterocycles. The van der Waals surface area contributed by atoms with E-state index in [2.05, 4.69) is 5.32 Å². The molecule has 0 rings (SSSR count). The molecule has 0 unspecified atom stereocenters. The van der Waals surface area contributed by atoms with Crippen LogP contribution in [0.1, 0.15) is 40.0 Å². The van der Waals surface area contributed by atoms with Crippen LogP contribution in [0.25, 0.3) is 0 Å². The average molecular weight is 279 g/mol. The Morgan fingerprint density at radius 2 is 1.67 bits per heavy atom. The number of carbonyl (C=O) groups is 2. The lowest BCUT2D eigenvalue weighted by Gasteiger charge is -2.26. The van der Waals surface area contributed by atoms with Crippen LogP contribution in [0.15, 0.2) is 0 Å². The van der Waals surface area contributed by atoms with Gasteiger partial charge in [0.05, 0.1) is 0 Å². The fourth-order valence-corrected chi connectivity index (χ4v) is 3.62. The standard InChI is InChI=1S/C11H21NO5S/c1-4-7-12-9(13)8-18(16,17)11(5-2,6-3)10(14)15/h4-8H2,1-3H3,(H,12,13)(H,14,15). The number of carboxylic acids is 1. The Labute approximate surface area is 108 Å². The molecule has 2 N–H and O–H groups in total. The van der Waals surface area contributed by atoms with Crippen LogP contribution in [0.3, 0.4) is 0 Å². The molecule has 0 aliphatic rings. The molecule has 0 aromatic heterocycles. The average Bonchev–Trinajstić information content (AvgIpc) is 2.27. The van der Waals surface area contributed by atoms with Gasteiger partial charge >= 0.3 is 5.97 Å². The molecule has 0 heterocycles. The first-order chi connectivity index (χ1) is 8.27. The fraction of sp³-hybridized carbons (Fsp3) is 0.818. The number of carboxylic acid groups (broad SMARTS) is 1. The summed E-state index contributed by atoms with van der Waals surface area (Å²) in [6.45, 7) is 5.22. The monoisotopic (exact) mass is 279 g/mol. The molecule has 0 aromatic rings. The van der Waals surface area contributed by atoms with E-state index >= 15 is 0 Å². The van der Waals surface area contributed by atoms with Gasteiger partial charge in [0.1, 0.15) is 5.75 Å². The maximum Gasteiger partial charge on any atom is 0.325 e. The molecular weight excluding hydrogens is 258 g/mol. The van der Waals surface area contributed by atoms with Gasteiger partial charge in [-0.25, -0.2) is 8.42 Å². The molecule has 0 aliphatic heterocycles. The summed E-state index contributed by atoms with van der Waals surface area (Å²) in [5.74, 6) is -2.82. The third-order valence-electron chi connectivity index (χ3n) is 3.02. The Hall–Kier alpha value is -1.11. The predicted molar refractivity (Wildman–Crippen MR) is 68.0 cm³/mol. The summed E-state index contributed by atoms with van der Waals surface area (Å²) in [6.07, 6.45) is 0.585. The second-order valence-electron chi connectivity index (χ2n) is 4.12. The van der Waals surface area contributed by atoms with Crippen molar-refractivity contribution in [2.45, 2.75) is 44.8 Å². The summed E-state index contributed by atoms with van der Waals surface area (Å²) in [5, 5.41) is 11.6. The molecule has 0 radical (unpaired) electrons. The molecule has 0 aliphatic carbocycles. The van der Waals surface area contributed by atoms with E-state index < -0.39 is 32.2 Å². The van der Waals surface area contributed by atoms with Crippen molar-refractivity contribution in [3.8, 4) is 0 Å². The van der Waals surface area contributed by atoms with E-state index in [4.69, 9.17) is 5.11 Å². The number of sulfone groups is 1. The van der Waals surface area contributed by atoms with Gasteiger partial charge in [0.25, 0.3) is 0 Å². The van der Waals surface area contributed by atoms with Crippen LogP contribution in [0.2, 0.25) is 0 Å². The van der Waals surface area contributed by atoms with E-state index in [0.717, 1.165) is 0 Å². The second kappa shape index (κ2) is 6.72. The van der Waals surface area contributed by atoms with Crippen molar-refractivity contribution in [3.63, 3.8) is 0 Å². The minimum absolute atomic E-state index is 0.0533. The zero-order valence-electron chi connectivity index (χ0n) is 11.0. The number of carbonyl (C=O) groups excluding carboxylic acids is 1. The highest BCUT2D eigenvalue weighted by Gasteiger charge is 2.48. The highest BCUT2D eigenvalue weighted by atomic mass is 32.2. The molecule has 106 valence electrons. The molecule has 0 fully saturated rings. The normalized spacial score (nSPS) is 12.2. The van der Waals surface area contributed by atoms with Gasteiger partial charge in [0, 0.05) is 6.54 Å². The maximum atomic E-state index is 12.1. The Morgan fingerprint density at radius 1 is 1.17 bits per heavy atom. The lowest BCUT2D eigenvalue weighted by atomic mass is 10.0. The number of aliphatic carboxylic acids is 1. The number of nitrogens with one attached hydrogen (secondary N) is 1. The first-order valence-corrected chi connectivity index (χ1v) is 7.65. The van der Waals surface area contributed by atoms with Crippen LogP contribution >= 0.6 is 0 Å².